The van der Waals surface area contributed by atoms with Gasteiger partial charge in [0.25, 0.3) is 11.8 Å². The molecule has 232 valence electrons. The number of rotatable bonds is 8. The summed E-state index contributed by atoms with van der Waals surface area (Å²) in [4.78, 5) is 36.7. The fourth-order valence-corrected chi connectivity index (χ4v) is 7.35. The van der Waals surface area contributed by atoms with E-state index in [1.165, 1.54) is 4.90 Å². The summed E-state index contributed by atoms with van der Waals surface area (Å²) in [7, 11) is 9.03. The first kappa shape index (κ1) is 31.8. The van der Waals surface area contributed by atoms with E-state index in [0.29, 0.717) is 17.5 Å². The summed E-state index contributed by atoms with van der Waals surface area (Å²) in [5.74, 6) is -1.29. The Hall–Kier alpha value is -3.60. The second-order valence-corrected chi connectivity index (χ2v) is 12.9. The van der Waals surface area contributed by atoms with E-state index in [-0.39, 0.29) is 44.4 Å². The zero-order chi connectivity index (χ0) is 31.7. The van der Waals surface area contributed by atoms with E-state index in [1.807, 2.05) is 24.3 Å². The van der Waals surface area contributed by atoms with Gasteiger partial charge in [0.15, 0.2) is 0 Å². The molecule has 1 saturated carbocycles. The lowest BCUT2D eigenvalue weighted by Gasteiger charge is -2.39. The zero-order valence-corrected chi connectivity index (χ0v) is 26.9. The molecular weight excluding hydrogens is 606 g/mol. The molecule has 2 amide bonds. The average molecular weight is 641 g/mol. The van der Waals surface area contributed by atoms with Crippen molar-refractivity contribution in [2.45, 2.75) is 44.3 Å². The fraction of sp³-hybridized carbons (Fsp3) is 0.364. The molecule has 0 bridgehead atoms. The van der Waals surface area contributed by atoms with Crippen LogP contribution in [0.15, 0.2) is 48.7 Å². The van der Waals surface area contributed by atoms with Crippen LogP contribution in [-0.4, -0.2) is 78.9 Å². The van der Waals surface area contributed by atoms with Gasteiger partial charge in [-0.3, -0.25) is 14.6 Å². The van der Waals surface area contributed by atoms with Crippen LogP contribution in [-0.2, 0) is 6.54 Å². The van der Waals surface area contributed by atoms with Crippen LogP contribution in [0, 0.1) is 11.6 Å². The highest BCUT2D eigenvalue weighted by atomic mass is 35.5. The number of hydrogen-bond acceptors (Lipinski definition) is 6. The molecule has 2 aromatic carbocycles. The maximum absolute atomic E-state index is 14.7. The minimum Gasteiger partial charge on any atom is -0.496 e. The first-order chi connectivity index (χ1) is 21.0. The molecule has 4 aromatic rings. The Bertz CT molecular complexity index is 1700. The molecule has 0 N–H and O–H groups in total. The molecule has 0 aliphatic heterocycles. The Morgan fingerprint density at radius 2 is 1.59 bits per heavy atom. The molecule has 1 aliphatic carbocycles. The summed E-state index contributed by atoms with van der Waals surface area (Å²) < 4.78 is 35.2. The molecule has 0 unspecified atom stereocenters. The van der Waals surface area contributed by atoms with E-state index in [9.17, 15) is 18.4 Å². The molecule has 44 heavy (non-hydrogen) atoms. The highest BCUT2D eigenvalue weighted by molar-refractivity contribution is 7.21. The molecule has 0 spiro atoms. The minimum absolute atomic E-state index is 0.0231. The Morgan fingerprint density at radius 3 is 2.23 bits per heavy atom. The van der Waals surface area contributed by atoms with Gasteiger partial charge in [0.05, 0.1) is 22.2 Å². The van der Waals surface area contributed by atoms with Gasteiger partial charge in [-0.1, -0.05) is 17.7 Å². The van der Waals surface area contributed by atoms with Gasteiger partial charge < -0.3 is 19.4 Å². The van der Waals surface area contributed by atoms with Gasteiger partial charge >= 0.3 is 0 Å². The van der Waals surface area contributed by atoms with Gasteiger partial charge in [-0.15, -0.1) is 11.3 Å². The maximum Gasteiger partial charge on any atom is 0.271 e. The van der Waals surface area contributed by atoms with Crippen LogP contribution < -0.4 is 4.74 Å². The van der Waals surface area contributed by atoms with Gasteiger partial charge in [-0.25, -0.2) is 8.78 Å². The van der Waals surface area contributed by atoms with Crippen molar-refractivity contribution < 1.29 is 23.1 Å². The zero-order valence-electron chi connectivity index (χ0n) is 25.4. The lowest BCUT2D eigenvalue weighted by atomic mass is 9.89. The number of halogens is 3. The molecule has 1 fully saturated rings. The standard InChI is InChI=1S/C33H35ClF2N4O3S/c1-38(2)22-7-9-23(10-8-22)40(33(42)31-29(34)28-24(35)11-12-25(36)30(28)44-31)18-21-16-19(6-13-27(21)43-5)20-14-15-37-26(17-20)32(41)39(3)4/h6,11-17,22-23H,7-10,18H2,1-5H3. The number of aromatic nitrogens is 1. The normalized spacial score (nSPS) is 16.8. The van der Waals surface area contributed by atoms with E-state index in [2.05, 4.69) is 24.0 Å². The van der Waals surface area contributed by atoms with E-state index >= 15 is 0 Å². The molecule has 7 nitrogen and oxygen atoms in total. The first-order valence-electron chi connectivity index (χ1n) is 14.4. The summed E-state index contributed by atoms with van der Waals surface area (Å²) >= 11 is 7.47. The van der Waals surface area contributed by atoms with E-state index in [0.717, 1.165) is 65.8 Å². The van der Waals surface area contributed by atoms with Gasteiger partial charge in [0, 0.05) is 44.5 Å². The second-order valence-electron chi connectivity index (χ2n) is 11.5. The maximum atomic E-state index is 14.7. The Morgan fingerprint density at radius 1 is 0.932 bits per heavy atom. The van der Waals surface area contributed by atoms with Crippen LogP contribution >= 0.6 is 22.9 Å². The van der Waals surface area contributed by atoms with Crippen molar-refractivity contribution in [1.29, 1.82) is 0 Å². The Labute approximate surface area is 265 Å². The molecule has 0 saturated heterocycles. The molecule has 2 aromatic heterocycles. The molecule has 0 atom stereocenters. The van der Waals surface area contributed by atoms with Gasteiger partial charge in [-0.2, -0.15) is 0 Å². The third kappa shape index (κ3) is 6.29. The Balaban J connectivity index is 1.55. The van der Waals surface area contributed by atoms with Gasteiger partial charge in [0.1, 0.15) is 28.0 Å². The topological polar surface area (TPSA) is 66.0 Å². The summed E-state index contributed by atoms with van der Waals surface area (Å²) in [5, 5.41) is -0.147. The van der Waals surface area contributed by atoms with Crippen molar-refractivity contribution in [2.75, 3.05) is 35.3 Å². The lowest BCUT2D eigenvalue weighted by Crippen LogP contribution is -2.44. The number of hydrogen-bond donors (Lipinski definition) is 0. The van der Waals surface area contributed by atoms with Crippen LogP contribution in [0.2, 0.25) is 5.02 Å². The quantitative estimate of drug-likeness (QED) is 0.205. The van der Waals surface area contributed by atoms with E-state index in [1.54, 1.807) is 38.4 Å². The molecular formula is C33H35ClF2N4O3S. The smallest absolute Gasteiger partial charge is 0.271 e. The van der Waals surface area contributed by atoms with E-state index < -0.39 is 11.6 Å². The molecule has 2 heterocycles. The molecule has 1 aliphatic rings. The summed E-state index contributed by atoms with van der Waals surface area (Å²) in [5.41, 5.74) is 2.68. The number of ether oxygens (including phenoxy) is 1. The number of pyridine rings is 1. The number of carbonyl (C=O) groups excluding carboxylic acids is 2. The monoisotopic (exact) mass is 640 g/mol. The van der Waals surface area contributed by atoms with Crippen molar-refractivity contribution in [3.05, 3.63) is 81.5 Å². The summed E-state index contributed by atoms with van der Waals surface area (Å²) in [6, 6.07) is 11.6. The van der Waals surface area contributed by atoms with Crippen LogP contribution in [0.5, 0.6) is 5.75 Å². The van der Waals surface area contributed by atoms with Crippen molar-refractivity contribution >= 4 is 44.8 Å². The van der Waals surface area contributed by atoms with Crippen LogP contribution in [0.25, 0.3) is 21.2 Å². The van der Waals surface area contributed by atoms with Gasteiger partial charge in [0.2, 0.25) is 0 Å². The Kier molecular flexibility index (Phi) is 9.53. The lowest BCUT2D eigenvalue weighted by molar-refractivity contribution is 0.0572. The second kappa shape index (κ2) is 13.2. The number of amides is 2. The minimum atomic E-state index is -0.668. The number of nitrogens with zero attached hydrogens (tertiary/aromatic N) is 4. The fourth-order valence-electron chi connectivity index (χ4n) is 5.84. The van der Waals surface area contributed by atoms with Crippen molar-refractivity contribution in [3.63, 3.8) is 0 Å². The predicted octanol–water partition coefficient (Wildman–Crippen LogP) is 7.12. The first-order valence-corrected chi connectivity index (χ1v) is 15.6. The number of carbonyl (C=O) groups is 2. The number of methoxy groups -OCH3 is 1. The van der Waals surface area contributed by atoms with Gasteiger partial charge in [-0.05, 0) is 87.3 Å². The van der Waals surface area contributed by atoms with Crippen molar-refractivity contribution in [3.8, 4) is 16.9 Å². The van der Waals surface area contributed by atoms with Crippen molar-refractivity contribution in [1.82, 2.24) is 19.7 Å². The summed E-state index contributed by atoms with van der Waals surface area (Å²) in [6.07, 6.45) is 4.94. The van der Waals surface area contributed by atoms with E-state index in [4.69, 9.17) is 16.3 Å². The van der Waals surface area contributed by atoms with Crippen molar-refractivity contribution in [2.24, 2.45) is 0 Å². The average Bonchev–Trinajstić information content (AvgIpc) is 3.39. The molecule has 0 radical (unpaired) electrons. The SMILES string of the molecule is COc1ccc(-c2ccnc(C(=O)N(C)C)c2)cc1CN(C(=O)c1sc2c(F)ccc(F)c2c1Cl)C1CCC(N(C)C)CC1. The highest BCUT2D eigenvalue weighted by Crippen LogP contribution is 2.41. The number of thiophene rings is 1. The third-order valence-electron chi connectivity index (χ3n) is 8.31. The predicted molar refractivity (Wildman–Crippen MR) is 171 cm³/mol. The number of fused-ring (bicyclic) bond motifs is 1. The highest BCUT2D eigenvalue weighted by Gasteiger charge is 2.33. The molecule has 5 rings (SSSR count). The van der Waals surface area contributed by atoms with Crippen LogP contribution in [0.1, 0.15) is 51.4 Å². The summed E-state index contributed by atoms with van der Waals surface area (Å²) in [6.45, 7) is 0.192. The third-order valence-corrected chi connectivity index (χ3v) is 9.99. The number of benzene rings is 2. The molecule has 11 heteroatoms. The largest absolute Gasteiger partial charge is 0.496 e. The van der Waals surface area contributed by atoms with Crippen LogP contribution in [0.4, 0.5) is 8.78 Å². The van der Waals surface area contributed by atoms with Crippen LogP contribution in [0.3, 0.4) is 0 Å².